The first kappa shape index (κ1) is 15.5. The van der Waals surface area contributed by atoms with Crippen molar-refractivity contribution in [3.63, 3.8) is 0 Å². The van der Waals surface area contributed by atoms with E-state index in [2.05, 4.69) is 16.0 Å². The lowest BCUT2D eigenvalue weighted by Gasteiger charge is -2.09. The summed E-state index contributed by atoms with van der Waals surface area (Å²) in [5.41, 5.74) is 0.669. The molecule has 1 aromatic rings. The Kier molecular flexibility index (Phi) is 6.32. The van der Waals surface area contributed by atoms with Crippen LogP contribution in [0.15, 0.2) is 24.3 Å². The van der Waals surface area contributed by atoms with E-state index in [4.69, 9.17) is 11.6 Å². The second-order valence-corrected chi connectivity index (χ2v) is 4.82. The molecule has 0 radical (unpaired) electrons. The molecule has 5 nitrogen and oxygen atoms in total. The van der Waals surface area contributed by atoms with Crippen LogP contribution in [0, 0.1) is 0 Å². The molecule has 0 bridgehead atoms. The highest BCUT2D eigenvalue weighted by molar-refractivity contribution is 6.30. The Morgan fingerprint density at radius 3 is 2.26 bits per heavy atom. The van der Waals surface area contributed by atoms with E-state index < -0.39 is 0 Å². The van der Waals surface area contributed by atoms with Gasteiger partial charge in [-0.25, -0.2) is 0 Å². The van der Waals surface area contributed by atoms with E-state index >= 15 is 0 Å². The quantitative estimate of drug-likeness (QED) is 0.739. The normalized spacial score (nSPS) is 10.3. The van der Waals surface area contributed by atoms with Crippen molar-refractivity contribution in [2.24, 2.45) is 0 Å². The average Bonchev–Trinajstić information content (AvgIpc) is 2.31. The summed E-state index contributed by atoms with van der Waals surface area (Å²) in [6.45, 7) is 3.96. The maximum absolute atomic E-state index is 11.6. The third kappa shape index (κ3) is 6.79. The van der Waals surface area contributed by atoms with Gasteiger partial charge in [-0.05, 0) is 38.1 Å². The molecule has 0 unspecified atom stereocenters. The fraction of sp³-hybridized carbons (Fsp3) is 0.385. The Morgan fingerprint density at radius 1 is 1.11 bits per heavy atom. The zero-order valence-electron chi connectivity index (χ0n) is 11.0. The third-order valence-electron chi connectivity index (χ3n) is 2.15. The van der Waals surface area contributed by atoms with Crippen molar-refractivity contribution in [1.82, 2.24) is 10.6 Å². The highest BCUT2D eigenvalue weighted by Crippen LogP contribution is 2.12. The highest BCUT2D eigenvalue weighted by Gasteiger charge is 2.05. The topological polar surface area (TPSA) is 70.2 Å². The molecule has 6 heteroatoms. The highest BCUT2D eigenvalue weighted by atomic mass is 35.5. The molecule has 0 saturated heterocycles. The number of hydrogen-bond acceptors (Lipinski definition) is 3. The Morgan fingerprint density at radius 2 is 1.68 bits per heavy atom. The largest absolute Gasteiger partial charge is 0.353 e. The molecule has 0 heterocycles. The fourth-order valence-corrected chi connectivity index (χ4v) is 1.53. The van der Waals surface area contributed by atoms with Crippen LogP contribution in [0.2, 0.25) is 5.02 Å². The molecule has 0 aliphatic heterocycles. The van der Waals surface area contributed by atoms with E-state index in [-0.39, 0.29) is 30.9 Å². The molecule has 0 aliphatic carbocycles. The molecular weight excluding hydrogens is 266 g/mol. The van der Waals surface area contributed by atoms with E-state index in [9.17, 15) is 9.59 Å². The summed E-state index contributed by atoms with van der Waals surface area (Å²) < 4.78 is 0. The minimum Gasteiger partial charge on any atom is -0.353 e. The molecule has 19 heavy (non-hydrogen) atoms. The molecule has 104 valence electrons. The summed E-state index contributed by atoms with van der Waals surface area (Å²) in [6, 6.07) is 6.91. The van der Waals surface area contributed by atoms with Crippen molar-refractivity contribution < 1.29 is 9.59 Å². The zero-order chi connectivity index (χ0) is 14.3. The third-order valence-corrected chi connectivity index (χ3v) is 2.40. The number of benzene rings is 1. The second-order valence-electron chi connectivity index (χ2n) is 4.38. The van der Waals surface area contributed by atoms with Gasteiger partial charge in [0.15, 0.2) is 0 Å². The van der Waals surface area contributed by atoms with E-state index in [0.717, 1.165) is 0 Å². The molecule has 1 rings (SSSR count). The average molecular weight is 284 g/mol. The van der Waals surface area contributed by atoms with Gasteiger partial charge in [0.2, 0.25) is 11.8 Å². The number of carbonyl (C=O) groups excluding carboxylic acids is 2. The summed E-state index contributed by atoms with van der Waals surface area (Å²) in [5.74, 6) is -0.339. The molecular formula is C13H18ClN3O2. The first-order chi connectivity index (χ1) is 8.97. The van der Waals surface area contributed by atoms with Crippen molar-refractivity contribution in [1.29, 1.82) is 0 Å². The van der Waals surface area contributed by atoms with Gasteiger partial charge < -0.3 is 10.6 Å². The van der Waals surface area contributed by atoms with Crippen LogP contribution in [0.1, 0.15) is 13.8 Å². The number of anilines is 1. The number of amides is 2. The monoisotopic (exact) mass is 283 g/mol. The van der Waals surface area contributed by atoms with Crippen molar-refractivity contribution >= 4 is 29.1 Å². The molecule has 0 aliphatic rings. The van der Waals surface area contributed by atoms with Gasteiger partial charge in [0.05, 0.1) is 13.1 Å². The molecule has 0 atom stereocenters. The van der Waals surface area contributed by atoms with Crippen LogP contribution in [-0.4, -0.2) is 30.9 Å². The van der Waals surface area contributed by atoms with Gasteiger partial charge >= 0.3 is 0 Å². The first-order valence-corrected chi connectivity index (χ1v) is 6.40. The molecule has 0 fully saturated rings. The lowest BCUT2D eigenvalue weighted by atomic mass is 10.3. The van der Waals surface area contributed by atoms with Crippen LogP contribution < -0.4 is 16.0 Å². The van der Waals surface area contributed by atoms with E-state index in [0.29, 0.717) is 10.7 Å². The Balaban J connectivity index is 2.25. The summed E-state index contributed by atoms with van der Waals surface area (Å²) in [6.07, 6.45) is 0. The van der Waals surface area contributed by atoms with Crippen LogP contribution in [0.4, 0.5) is 5.69 Å². The van der Waals surface area contributed by atoms with Crippen LogP contribution in [-0.2, 0) is 9.59 Å². The van der Waals surface area contributed by atoms with Crippen molar-refractivity contribution in [3.05, 3.63) is 29.3 Å². The van der Waals surface area contributed by atoms with E-state index in [1.165, 1.54) is 0 Å². The van der Waals surface area contributed by atoms with Gasteiger partial charge in [0.25, 0.3) is 0 Å². The lowest BCUT2D eigenvalue weighted by Crippen LogP contribution is -2.40. The maximum Gasteiger partial charge on any atom is 0.238 e. The predicted octanol–water partition coefficient (Wildman–Crippen LogP) is 1.39. The molecule has 0 saturated carbocycles. The van der Waals surface area contributed by atoms with Crippen LogP contribution in [0.5, 0.6) is 0 Å². The Hall–Kier alpha value is -1.59. The van der Waals surface area contributed by atoms with Gasteiger partial charge in [0.1, 0.15) is 0 Å². The van der Waals surface area contributed by atoms with Gasteiger partial charge in [-0.1, -0.05) is 11.6 Å². The van der Waals surface area contributed by atoms with E-state index in [1.807, 2.05) is 13.8 Å². The van der Waals surface area contributed by atoms with E-state index in [1.54, 1.807) is 24.3 Å². The molecule has 3 N–H and O–H groups in total. The van der Waals surface area contributed by atoms with Gasteiger partial charge in [-0.15, -0.1) is 0 Å². The number of halogens is 1. The van der Waals surface area contributed by atoms with Crippen molar-refractivity contribution in [3.8, 4) is 0 Å². The Labute approximate surface area is 117 Å². The maximum atomic E-state index is 11.6. The fourth-order valence-electron chi connectivity index (χ4n) is 1.40. The molecule has 0 spiro atoms. The summed E-state index contributed by atoms with van der Waals surface area (Å²) in [5, 5.41) is 8.80. The molecule has 2 amide bonds. The number of rotatable bonds is 6. The van der Waals surface area contributed by atoms with Crippen molar-refractivity contribution in [2.45, 2.75) is 19.9 Å². The zero-order valence-corrected chi connectivity index (χ0v) is 11.8. The minimum absolute atomic E-state index is 0.0775. The SMILES string of the molecule is CC(C)NC(=O)CNCC(=O)Nc1ccc(Cl)cc1. The number of nitrogens with one attached hydrogen (secondary N) is 3. The summed E-state index contributed by atoms with van der Waals surface area (Å²) in [4.78, 5) is 22.9. The summed E-state index contributed by atoms with van der Waals surface area (Å²) in [7, 11) is 0. The second kappa shape index (κ2) is 7.76. The number of hydrogen-bond donors (Lipinski definition) is 3. The smallest absolute Gasteiger partial charge is 0.238 e. The Bertz CT molecular complexity index is 432. The first-order valence-electron chi connectivity index (χ1n) is 6.03. The van der Waals surface area contributed by atoms with Gasteiger partial charge in [-0.3, -0.25) is 14.9 Å². The van der Waals surface area contributed by atoms with Crippen molar-refractivity contribution in [2.75, 3.05) is 18.4 Å². The summed E-state index contributed by atoms with van der Waals surface area (Å²) >= 11 is 5.74. The van der Waals surface area contributed by atoms with Gasteiger partial charge in [0, 0.05) is 16.8 Å². The molecule has 1 aromatic carbocycles. The standard InChI is InChI=1S/C13H18ClN3O2/c1-9(2)16-12(18)7-15-8-13(19)17-11-5-3-10(14)4-6-11/h3-6,9,15H,7-8H2,1-2H3,(H,16,18)(H,17,19). The predicted molar refractivity (Wildman–Crippen MR) is 76.2 cm³/mol. The van der Waals surface area contributed by atoms with Crippen LogP contribution >= 0.6 is 11.6 Å². The van der Waals surface area contributed by atoms with Crippen LogP contribution in [0.25, 0.3) is 0 Å². The lowest BCUT2D eigenvalue weighted by molar-refractivity contribution is -0.120. The number of carbonyl (C=O) groups is 2. The van der Waals surface area contributed by atoms with Gasteiger partial charge in [-0.2, -0.15) is 0 Å². The van der Waals surface area contributed by atoms with Crippen LogP contribution in [0.3, 0.4) is 0 Å². The minimum atomic E-state index is -0.209. The molecule has 0 aromatic heterocycles.